The first-order valence-electron chi connectivity index (χ1n) is 6.13. The van der Waals surface area contributed by atoms with Crippen LogP contribution in [0.1, 0.15) is 17.3 Å². The molecule has 3 nitrogen and oxygen atoms in total. The van der Waals surface area contributed by atoms with Gasteiger partial charge in [-0.3, -0.25) is 4.79 Å². The summed E-state index contributed by atoms with van der Waals surface area (Å²) in [6, 6.07) is 11.5. The summed E-state index contributed by atoms with van der Waals surface area (Å²) < 4.78 is 5.53. The van der Waals surface area contributed by atoms with Gasteiger partial charge in [-0.2, -0.15) is 0 Å². The second-order valence-electron chi connectivity index (χ2n) is 4.02. The predicted octanol–water partition coefficient (Wildman–Crippen LogP) is 2.60. The molecule has 1 amide bonds. The Balaban J connectivity index is 2.47. The van der Waals surface area contributed by atoms with Crippen LogP contribution in [0.15, 0.2) is 36.4 Å². The molecule has 0 fully saturated rings. The lowest BCUT2D eigenvalue weighted by molar-refractivity contribution is 0.0955. The quantitative estimate of drug-likeness (QED) is 0.851. The van der Waals surface area contributed by atoms with Crippen molar-refractivity contribution < 1.29 is 9.53 Å². The van der Waals surface area contributed by atoms with Gasteiger partial charge in [-0.05, 0) is 29.8 Å². The van der Waals surface area contributed by atoms with E-state index in [4.69, 9.17) is 11.2 Å². The summed E-state index contributed by atoms with van der Waals surface area (Å²) in [5, 5.41) is 4.70. The monoisotopic (exact) mass is 253 g/mol. The molecule has 2 aromatic rings. The van der Waals surface area contributed by atoms with Crippen molar-refractivity contribution in [2.75, 3.05) is 13.2 Å². The summed E-state index contributed by atoms with van der Waals surface area (Å²) >= 11 is 0. The van der Waals surface area contributed by atoms with Crippen molar-refractivity contribution in [2.24, 2.45) is 0 Å². The van der Waals surface area contributed by atoms with Gasteiger partial charge in [-0.15, -0.1) is 6.42 Å². The van der Waals surface area contributed by atoms with E-state index in [-0.39, 0.29) is 12.5 Å². The van der Waals surface area contributed by atoms with Gasteiger partial charge >= 0.3 is 0 Å². The van der Waals surface area contributed by atoms with Crippen molar-refractivity contribution in [3.63, 3.8) is 0 Å². The van der Waals surface area contributed by atoms with Crippen molar-refractivity contribution in [2.45, 2.75) is 6.92 Å². The summed E-state index contributed by atoms with van der Waals surface area (Å²) in [5.41, 5.74) is 0.510. The number of benzene rings is 2. The molecule has 3 heteroatoms. The number of hydrogen-bond donors (Lipinski definition) is 1. The van der Waals surface area contributed by atoms with Gasteiger partial charge < -0.3 is 10.1 Å². The largest absolute Gasteiger partial charge is 0.493 e. The van der Waals surface area contributed by atoms with Crippen molar-refractivity contribution in [1.82, 2.24) is 5.32 Å². The third-order valence-electron chi connectivity index (χ3n) is 2.74. The average molecular weight is 253 g/mol. The standard InChI is InChI=1S/C16H15NO2/c1-3-9-17-16(18)14-10-12-7-5-6-8-13(12)11-15(14)19-4-2/h1,5-8,10-11H,4,9H2,2H3,(H,17,18). The van der Waals surface area contributed by atoms with Gasteiger partial charge in [-0.1, -0.05) is 30.2 Å². The normalized spacial score (nSPS) is 9.89. The Kier molecular flexibility index (Phi) is 4.04. The van der Waals surface area contributed by atoms with E-state index in [1.54, 1.807) is 0 Å². The van der Waals surface area contributed by atoms with Crippen LogP contribution in [-0.2, 0) is 0 Å². The van der Waals surface area contributed by atoms with E-state index in [0.717, 1.165) is 10.8 Å². The molecule has 96 valence electrons. The molecule has 0 heterocycles. The van der Waals surface area contributed by atoms with Gasteiger partial charge in [0.25, 0.3) is 5.91 Å². The van der Waals surface area contributed by atoms with E-state index in [2.05, 4.69) is 11.2 Å². The molecule has 0 aromatic heterocycles. The fourth-order valence-corrected chi connectivity index (χ4v) is 1.90. The summed E-state index contributed by atoms with van der Waals surface area (Å²) in [6.45, 7) is 2.60. The highest BCUT2D eigenvalue weighted by atomic mass is 16.5. The number of fused-ring (bicyclic) bond motifs is 1. The predicted molar refractivity (Wildman–Crippen MR) is 76.3 cm³/mol. The van der Waals surface area contributed by atoms with Crippen LogP contribution >= 0.6 is 0 Å². The molecule has 0 aliphatic heterocycles. The highest BCUT2D eigenvalue weighted by Gasteiger charge is 2.13. The van der Waals surface area contributed by atoms with E-state index < -0.39 is 0 Å². The van der Waals surface area contributed by atoms with Crippen molar-refractivity contribution in [1.29, 1.82) is 0 Å². The lowest BCUT2D eigenvalue weighted by atomic mass is 10.1. The first-order chi connectivity index (χ1) is 9.26. The van der Waals surface area contributed by atoms with Crippen LogP contribution in [0.5, 0.6) is 5.75 Å². The van der Waals surface area contributed by atoms with Crippen LogP contribution in [0.2, 0.25) is 0 Å². The fourth-order valence-electron chi connectivity index (χ4n) is 1.90. The van der Waals surface area contributed by atoms with Crippen LogP contribution in [0, 0.1) is 12.3 Å². The van der Waals surface area contributed by atoms with Crippen molar-refractivity contribution in [3.05, 3.63) is 42.0 Å². The molecule has 0 atom stereocenters. The van der Waals surface area contributed by atoms with Crippen molar-refractivity contribution in [3.8, 4) is 18.1 Å². The molecule has 0 bridgehead atoms. The van der Waals surface area contributed by atoms with Gasteiger partial charge in [0.2, 0.25) is 0 Å². The Morgan fingerprint density at radius 3 is 2.63 bits per heavy atom. The molecule has 0 unspecified atom stereocenters. The van der Waals surface area contributed by atoms with Crippen molar-refractivity contribution >= 4 is 16.7 Å². The van der Waals surface area contributed by atoms with Crippen LogP contribution in [0.4, 0.5) is 0 Å². The zero-order chi connectivity index (χ0) is 13.7. The summed E-state index contributed by atoms with van der Waals surface area (Å²) in [6.07, 6.45) is 5.15. The van der Waals surface area contributed by atoms with Gasteiger partial charge in [0.1, 0.15) is 5.75 Å². The van der Waals surface area contributed by atoms with E-state index in [1.807, 2.05) is 43.3 Å². The Morgan fingerprint density at radius 2 is 2.00 bits per heavy atom. The Hall–Kier alpha value is -2.47. The Morgan fingerprint density at radius 1 is 1.32 bits per heavy atom. The van der Waals surface area contributed by atoms with Crippen LogP contribution in [0.3, 0.4) is 0 Å². The lowest BCUT2D eigenvalue weighted by Gasteiger charge is -2.11. The number of nitrogens with one attached hydrogen (secondary N) is 1. The number of ether oxygens (including phenoxy) is 1. The summed E-state index contributed by atoms with van der Waals surface area (Å²) in [7, 11) is 0. The molecule has 0 aliphatic carbocycles. The Bertz CT molecular complexity index is 641. The molecule has 2 rings (SSSR count). The minimum absolute atomic E-state index is 0.206. The van der Waals surface area contributed by atoms with Gasteiger partial charge in [0.05, 0.1) is 18.7 Å². The number of hydrogen-bond acceptors (Lipinski definition) is 2. The van der Waals surface area contributed by atoms with E-state index in [9.17, 15) is 4.79 Å². The smallest absolute Gasteiger partial charge is 0.255 e. The Labute approximate surface area is 112 Å². The average Bonchev–Trinajstić information content (AvgIpc) is 2.44. The minimum Gasteiger partial charge on any atom is -0.493 e. The molecule has 19 heavy (non-hydrogen) atoms. The highest BCUT2D eigenvalue weighted by molar-refractivity contribution is 6.01. The first kappa shape index (κ1) is 13.0. The second kappa shape index (κ2) is 5.92. The van der Waals surface area contributed by atoms with E-state index >= 15 is 0 Å². The molecule has 0 saturated carbocycles. The van der Waals surface area contributed by atoms with Gasteiger partial charge in [-0.25, -0.2) is 0 Å². The molecule has 0 radical (unpaired) electrons. The van der Waals surface area contributed by atoms with Crippen LogP contribution < -0.4 is 10.1 Å². The molecule has 0 saturated heterocycles. The van der Waals surface area contributed by atoms with Gasteiger partial charge in [0, 0.05) is 0 Å². The maximum atomic E-state index is 12.1. The zero-order valence-electron chi connectivity index (χ0n) is 10.8. The molecule has 2 aromatic carbocycles. The van der Waals surface area contributed by atoms with Crippen LogP contribution in [-0.4, -0.2) is 19.1 Å². The third-order valence-corrected chi connectivity index (χ3v) is 2.74. The second-order valence-corrected chi connectivity index (χ2v) is 4.02. The molecular formula is C16H15NO2. The number of carbonyl (C=O) groups is 1. The maximum Gasteiger partial charge on any atom is 0.255 e. The van der Waals surface area contributed by atoms with E-state index in [1.165, 1.54) is 0 Å². The summed E-state index contributed by atoms with van der Waals surface area (Å²) in [5.74, 6) is 2.75. The number of terminal acetylenes is 1. The molecule has 0 aliphatic rings. The zero-order valence-corrected chi connectivity index (χ0v) is 10.8. The van der Waals surface area contributed by atoms with E-state index in [0.29, 0.717) is 17.9 Å². The molecular weight excluding hydrogens is 238 g/mol. The molecule has 0 spiro atoms. The number of amides is 1. The SMILES string of the molecule is C#CCNC(=O)c1cc2ccccc2cc1OCC. The molecule has 1 N–H and O–H groups in total. The lowest BCUT2D eigenvalue weighted by Crippen LogP contribution is -2.24. The summed E-state index contributed by atoms with van der Waals surface area (Å²) in [4.78, 5) is 12.1. The maximum absolute atomic E-state index is 12.1. The number of rotatable bonds is 4. The highest BCUT2D eigenvalue weighted by Crippen LogP contribution is 2.26. The number of carbonyl (C=O) groups excluding carboxylic acids is 1. The van der Waals surface area contributed by atoms with Gasteiger partial charge in [0.15, 0.2) is 0 Å². The first-order valence-corrected chi connectivity index (χ1v) is 6.13. The van der Waals surface area contributed by atoms with Crippen LogP contribution in [0.25, 0.3) is 10.8 Å². The third kappa shape index (κ3) is 2.86. The minimum atomic E-state index is -0.216. The topological polar surface area (TPSA) is 38.3 Å². The fraction of sp³-hybridized carbons (Fsp3) is 0.188.